The molecule has 1 aliphatic carbocycles. The number of aromatic nitrogens is 1. The molecule has 2 nitrogen and oxygen atoms in total. The lowest BCUT2D eigenvalue weighted by atomic mass is 9.74. The molecular weight excluding hydrogens is 276 g/mol. The summed E-state index contributed by atoms with van der Waals surface area (Å²) in [5.74, 6) is 2.65. The number of hydrogen-bond donors (Lipinski definition) is 1. The fourth-order valence-electron chi connectivity index (χ4n) is 3.63. The zero-order valence-electron chi connectivity index (χ0n) is 14.2. The van der Waals surface area contributed by atoms with E-state index in [1.165, 1.54) is 42.8 Å². The Hall–Kier alpha value is -0.410. The Morgan fingerprint density at radius 1 is 1.24 bits per heavy atom. The van der Waals surface area contributed by atoms with E-state index in [-0.39, 0.29) is 0 Å². The second-order valence-corrected chi connectivity index (χ2v) is 8.01. The summed E-state index contributed by atoms with van der Waals surface area (Å²) < 4.78 is 0. The van der Waals surface area contributed by atoms with Gasteiger partial charge in [0.05, 0.1) is 5.01 Å². The van der Waals surface area contributed by atoms with Crippen molar-refractivity contribution < 1.29 is 0 Å². The molecule has 0 bridgehead atoms. The van der Waals surface area contributed by atoms with Gasteiger partial charge in [0, 0.05) is 23.5 Å². The van der Waals surface area contributed by atoms with Crippen molar-refractivity contribution in [1.29, 1.82) is 0 Å². The maximum atomic E-state index is 4.68. The molecule has 1 fully saturated rings. The Balaban J connectivity index is 1.93. The molecule has 2 rings (SSSR count). The van der Waals surface area contributed by atoms with Crippen LogP contribution in [0.25, 0.3) is 0 Å². The van der Waals surface area contributed by atoms with E-state index in [4.69, 9.17) is 0 Å². The standard InChI is InChI=1S/C18H32N2S/c1-5-10-19-17(11-18-20-14(4)12-21-18)16-8-6-15(7-9-16)13(2)3/h12-13,15-17,19H,5-11H2,1-4H3. The fourth-order valence-corrected chi connectivity index (χ4v) is 4.47. The van der Waals surface area contributed by atoms with Crippen molar-refractivity contribution in [2.45, 2.75) is 72.3 Å². The van der Waals surface area contributed by atoms with Gasteiger partial charge in [0.15, 0.2) is 0 Å². The van der Waals surface area contributed by atoms with E-state index in [2.05, 4.69) is 43.4 Å². The second kappa shape index (κ2) is 8.28. The molecule has 1 unspecified atom stereocenters. The van der Waals surface area contributed by atoms with Crippen LogP contribution in [0.2, 0.25) is 0 Å². The average Bonchev–Trinajstić information content (AvgIpc) is 2.89. The van der Waals surface area contributed by atoms with E-state index >= 15 is 0 Å². The molecule has 0 aliphatic heterocycles. The zero-order valence-corrected chi connectivity index (χ0v) is 15.0. The van der Waals surface area contributed by atoms with Crippen molar-refractivity contribution in [2.75, 3.05) is 6.54 Å². The molecule has 1 aliphatic rings. The fraction of sp³-hybridized carbons (Fsp3) is 0.833. The quantitative estimate of drug-likeness (QED) is 0.781. The topological polar surface area (TPSA) is 24.9 Å². The number of rotatable bonds is 7. The van der Waals surface area contributed by atoms with Gasteiger partial charge in [-0.25, -0.2) is 4.98 Å². The Bertz CT molecular complexity index is 405. The predicted molar refractivity (Wildman–Crippen MR) is 92.9 cm³/mol. The lowest BCUT2D eigenvalue weighted by molar-refractivity contribution is 0.187. The summed E-state index contributed by atoms with van der Waals surface area (Å²) in [5.41, 5.74) is 1.17. The lowest BCUT2D eigenvalue weighted by Crippen LogP contribution is -2.40. The number of thiazole rings is 1. The molecule has 0 saturated heterocycles. The predicted octanol–water partition coefficient (Wildman–Crippen LogP) is 4.82. The molecular formula is C18H32N2S. The van der Waals surface area contributed by atoms with Crippen molar-refractivity contribution in [1.82, 2.24) is 10.3 Å². The van der Waals surface area contributed by atoms with E-state index in [9.17, 15) is 0 Å². The number of aryl methyl sites for hydroxylation is 1. The summed E-state index contributed by atoms with van der Waals surface area (Å²) in [5, 5.41) is 7.30. The molecule has 0 amide bonds. The van der Waals surface area contributed by atoms with Gasteiger partial charge in [0.25, 0.3) is 0 Å². The number of hydrogen-bond acceptors (Lipinski definition) is 3. The van der Waals surface area contributed by atoms with Gasteiger partial charge in [-0.3, -0.25) is 0 Å². The highest BCUT2D eigenvalue weighted by atomic mass is 32.1. The van der Waals surface area contributed by atoms with E-state index in [0.29, 0.717) is 6.04 Å². The van der Waals surface area contributed by atoms with Crippen LogP contribution in [-0.4, -0.2) is 17.6 Å². The lowest BCUT2D eigenvalue weighted by Gasteiger charge is -2.35. The van der Waals surface area contributed by atoms with Gasteiger partial charge in [-0.15, -0.1) is 11.3 Å². The molecule has 0 spiro atoms. The van der Waals surface area contributed by atoms with Gasteiger partial charge < -0.3 is 5.32 Å². The molecule has 0 radical (unpaired) electrons. The first-order valence-corrected chi connectivity index (χ1v) is 9.62. The van der Waals surface area contributed by atoms with Gasteiger partial charge in [0.1, 0.15) is 0 Å². The van der Waals surface area contributed by atoms with Crippen LogP contribution in [0.15, 0.2) is 5.38 Å². The first kappa shape index (κ1) is 17.0. The Kier molecular flexibility index (Phi) is 6.69. The minimum absolute atomic E-state index is 0.628. The first-order chi connectivity index (χ1) is 10.1. The molecule has 3 heteroatoms. The second-order valence-electron chi connectivity index (χ2n) is 7.07. The SMILES string of the molecule is CCCNC(Cc1nc(C)cs1)C1CCC(C(C)C)CC1. The Labute approximate surface area is 134 Å². The monoisotopic (exact) mass is 308 g/mol. The molecule has 0 aromatic carbocycles. The first-order valence-electron chi connectivity index (χ1n) is 8.74. The van der Waals surface area contributed by atoms with Crippen molar-refractivity contribution in [3.8, 4) is 0 Å². The highest BCUT2D eigenvalue weighted by molar-refractivity contribution is 7.09. The van der Waals surface area contributed by atoms with E-state index < -0.39 is 0 Å². The van der Waals surface area contributed by atoms with Crippen LogP contribution in [-0.2, 0) is 6.42 Å². The molecule has 1 heterocycles. The average molecular weight is 309 g/mol. The van der Waals surface area contributed by atoms with Crippen LogP contribution < -0.4 is 5.32 Å². The van der Waals surface area contributed by atoms with Crippen LogP contribution in [0.1, 0.15) is 63.6 Å². The molecule has 120 valence electrons. The van der Waals surface area contributed by atoms with Crippen LogP contribution in [0.4, 0.5) is 0 Å². The van der Waals surface area contributed by atoms with Crippen molar-refractivity contribution in [3.05, 3.63) is 16.1 Å². The summed E-state index contributed by atoms with van der Waals surface area (Å²) in [7, 11) is 0. The minimum atomic E-state index is 0.628. The molecule has 1 N–H and O–H groups in total. The summed E-state index contributed by atoms with van der Waals surface area (Å²) in [6.07, 6.45) is 7.97. The Morgan fingerprint density at radius 3 is 2.43 bits per heavy atom. The summed E-state index contributed by atoms with van der Waals surface area (Å²) in [4.78, 5) is 4.68. The maximum Gasteiger partial charge on any atom is 0.0943 e. The zero-order chi connectivity index (χ0) is 15.2. The minimum Gasteiger partial charge on any atom is -0.313 e. The van der Waals surface area contributed by atoms with Crippen LogP contribution in [0.3, 0.4) is 0 Å². The van der Waals surface area contributed by atoms with Gasteiger partial charge >= 0.3 is 0 Å². The van der Waals surface area contributed by atoms with Gasteiger partial charge in [-0.2, -0.15) is 0 Å². The Morgan fingerprint density at radius 2 is 1.90 bits per heavy atom. The normalized spacial score (nSPS) is 24.4. The molecule has 1 aromatic rings. The largest absolute Gasteiger partial charge is 0.313 e. The van der Waals surface area contributed by atoms with E-state index in [1.54, 1.807) is 0 Å². The molecule has 21 heavy (non-hydrogen) atoms. The van der Waals surface area contributed by atoms with Crippen molar-refractivity contribution >= 4 is 11.3 Å². The van der Waals surface area contributed by atoms with Crippen LogP contribution in [0, 0.1) is 24.7 Å². The number of nitrogens with zero attached hydrogens (tertiary/aromatic N) is 1. The molecule has 1 atom stereocenters. The number of nitrogens with one attached hydrogen (secondary N) is 1. The molecule has 1 aromatic heterocycles. The third-order valence-corrected chi connectivity index (χ3v) is 6.03. The maximum absolute atomic E-state index is 4.68. The van der Waals surface area contributed by atoms with E-state index in [1.807, 2.05) is 11.3 Å². The van der Waals surface area contributed by atoms with Crippen LogP contribution in [0.5, 0.6) is 0 Å². The third kappa shape index (κ3) is 5.07. The smallest absolute Gasteiger partial charge is 0.0943 e. The van der Waals surface area contributed by atoms with Gasteiger partial charge in [0.2, 0.25) is 0 Å². The highest BCUT2D eigenvalue weighted by Crippen LogP contribution is 2.35. The third-order valence-electron chi connectivity index (χ3n) is 5.05. The van der Waals surface area contributed by atoms with Gasteiger partial charge in [-0.05, 0) is 63.3 Å². The summed E-state index contributed by atoms with van der Waals surface area (Å²) in [6, 6.07) is 0.628. The molecule has 1 saturated carbocycles. The van der Waals surface area contributed by atoms with Gasteiger partial charge in [-0.1, -0.05) is 20.8 Å². The summed E-state index contributed by atoms with van der Waals surface area (Å²) in [6.45, 7) is 10.3. The van der Waals surface area contributed by atoms with E-state index in [0.717, 1.165) is 30.7 Å². The van der Waals surface area contributed by atoms with Crippen LogP contribution >= 0.6 is 11.3 Å². The van der Waals surface area contributed by atoms with Crippen molar-refractivity contribution in [3.63, 3.8) is 0 Å². The highest BCUT2D eigenvalue weighted by Gasteiger charge is 2.29. The summed E-state index contributed by atoms with van der Waals surface area (Å²) >= 11 is 1.83. The van der Waals surface area contributed by atoms with Crippen molar-refractivity contribution in [2.24, 2.45) is 17.8 Å².